The SMILES string of the molecule is CN=C(NCc1noc(C(C)(C)C)n1)NCc1ccc(C)cc1OCCOC.I. The third-order valence-corrected chi connectivity index (χ3v) is 3.96. The van der Waals surface area contributed by atoms with E-state index in [0.29, 0.717) is 44.0 Å². The van der Waals surface area contributed by atoms with Gasteiger partial charge in [0.1, 0.15) is 12.4 Å². The van der Waals surface area contributed by atoms with Crippen molar-refractivity contribution in [1.29, 1.82) is 0 Å². The van der Waals surface area contributed by atoms with Gasteiger partial charge in [-0.15, -0.1) is 24.0 Å². The Hall–Kier alpha value is -1.88. The average molecular weight is 517 g/mol. The van der Waals surface area contributed by atoms with Crippen LogP contribution in [-0.2, 0) is 23.2 Å². The van der Waals surface area contributed by atoms with Gasteiger partial charge >= 0.3 is 0 Å². The second-order valence-electron chi connectivity index (χ2n) is 7.50. The number of benzene rings is 1. The topological polar surface area (TPSA) is 93.8 Å². The lowest BCUT2D eigenvalue weighted by atomic mass is 9.97. The quantitative estimate of drug-likeness (QED) is 0.241. The molecule has 0 unspecified atom stereocenters. The number of aliphatic imine (C=N–C) groups is 1. The first-order valence-electron chi connectivity index (χ1n) is 9.32. The van der Waals surface area contributed by atoms with Gasteiger partial charge in [-0.2, -0.15) is 4.98 Å². The van der Waals surface area contributed by atoms with Crippen LogP contribution in [0, 0.1) is 6.92 Å². The lowest BCUT2D eigenvalue weighted by molar-refractivity contribution is 0.145. The number of methoxy groups -OCH3 is 1. The highest BCUT2D eigenvalue weighted by molar-refractivity contribution is 14.0. The molecule has 2 aromatic rings. The van der Waals surface area contributed by atoms with Crippen molar-refractivity contribution in [1.82, 2.24) is 20.8 Å². The van der Waals surface area contributed by atoms with Crippen LogP contribution in [0.15, 0.2) is 27.7 Å². The van der Waals surface area contributed by atoms with Crippen LogP contribution in [0.2, 0.25) is 0 Å². The molecule has 2 N–H and O–H groups in total. The minimum Gasteiger partial charge on any atom is -0.491 e. The van der Waals surface area contributed by atoms with Gasteiger partial charge in [0.05, 0.1) is 13.2 Å². The van der Waals surface area contributed by atoms with Gasteiger partial charge < -0.3 is 24.6 Å². The zero-order valence-electron chi connectivity index (χ0n) is 18.0. The Balaban J connectivity index is 0.00000420. The predicted octanol–water partition coefficient (Wildman–Crippen LogP) is 3.18. The molecule has 0 aliphatic carbocycles. The van der Waals surface area contributed by atoms with E-state index in [4.69, 9.17) is 14.0 Å². The summed E-state index contributed by atoms with van der Waals surface area (Å²) in [5.74, 6) is 2.69. The second-order valence-corrected chi connectivity index (χ2v) is 7.50. The molecule has 1 heterocycles. The minimum absolute atomic E-state index is 0. The van der Waals surface area contributed by atoms with E-state index in [1.807, 2.05) is 39.8 Å². The standard InChI is InChI=1S/C20H31N5O3.HI/c1-14-7-8-15(16(11-14)27-10-9-26-6)12-22-19(21-5)23-13-17-24-18(28-25-17)20(2,3)4;/h7-8,11H,9-10,12-13H2,1-6H3,(H2,21,22,23);1H. The molecular weight excluding hydrogens is 485 g/mol. The molecule has 0 saturated heterocycles. The van der Waals surface area contributed by atoms with Crippen molar-refractivity contribution in [2.45, 2.75) is 46.2 Å². The third-order valence-electron chi connectivity index (χ3n) is 3.96. The largest absolute Gasteiger partial charge is 0.491 e. The molecule has 0 aliphatic rings. The van der Waals surface area contributed by atoms with E-state index in [1.54, 1.807) is 14.2 Å². The van der Waals surface area contributed by atoms with Crippen molar-refractivity contribution >= 4 is 29.9 Å². The molecule has 0 atom stereocenters. The van der Waals surface area contributed by atoms with E-state index in [9.17, 15) is 0 Å². The Kier molecular flexibility index (Phi) is 10.4. The molecule has 0 bridgehead atoms. The number of hydrogen-bond donors (Lipinski definition) is 2. The van der Waals surface area contributed by atoms with Crippen molar-refractivity contribution in [2.75, 3.05) is 27.4 Å². The summed E-state index contributed by atoms with van der Waals surface area (Å²) in [5, 5.41) is 10.5. The van der Waals surface area contributed by atoms with Crippen LogP contribution in [0.5, 0.6) is 5.75 Å². The number of rotatable bonds is 8. The van der Waals surface area contributed by atoms with E-state index in [1.165, 1.54) is 0 Å². The number of ether oxygens (including phenoxy) is 2. The van der Waals surface area contributed by atoms with Gasteiger partial charge in [0.2, 0.25) is 5.89 Å². The number of hydrogen-bond acceptors (Lipinski definition) is 6. The fourth-order valence-corrected chi connectivity index (χ4v) is 2.37. The van der Waals surface area contributed by atoms with Crippen molar-refractivity contribution in [3.8, 4) is 5.75 Å². The van der Waals surface area contributed by atoms with Gasteiger partial charge in [0.25, 0.3) is 0 Å². The number of aryl methyl sites for hydroxylation is 1. The third kappa shape index (κ3) is 8.17. The maximum absolute atomic E-state index is 5.83. The lowest BCUT2D eigenvalue weighted by Crippen LogP contribution is -2.36. The molecule has 162 valence electrons. The number of nitrogens with one attached hydrogen (secondary N) is 2. The normalized spacial score (nSPS) is 11.7. The van der Waals surface area contributed by atoms with Crippen molar-refractivity contribution in [3.05, 3.63) is 41.0 Å². The zero-order chi connectivity index (χ0) is 20.6. The van der Waals surface area contributed by atoms with Crippen LogP contribution in [0.3, 0.4) is 0 Å². The first kappa shape index (κ1) is 25.2. The monoisotopic (exact) mass is 517 g/mol. The van der Waals surface area contributed by atoms with Crippen LogP contribution in [0.25, 0.3) is 0 Å². The smallest absolute Gasteiger partial charge is 0.232 e. The molecule has 9 heteroatoms. The molecule has 1 aromatic heterocycles. The molecule has 1 aromatic carbocycles. The van der Waals surface area contributed by atoms with E-state index in [0.717, 1.165) is 16.9 Å². The minimum atomic E-state index is -0.171. The summed E-state index contributed by atoms with van der Waals surface area (Å²) in [6, 6.07) is 6.13. The molecule has 0 spiro atoms. The van der Waals surface area contributed by atoms with Crippen LogP contribution in [0.1, 0.15) is 43.6 Å². The highest BCUT2D eigenvalue weighted by atomic mass is 127. The fourth-order valence-electron chi connectivity index (χ4n) is 2.37. The molecule has 0 radical (unpaired) electrons. The van der Waals surface area contributed by atoms with Gasteiger partial charge in [-0.1, -0.05) is 38.1 Å². The van der Waals surface area contributed by atoms with Crippen molar-refractivity contribution in [2.24, 2.45) is 4.99 Å². The molecule has 29 heavy (non-hydrogen) atoms. The van der Waals surface area contributed by atoms with E-state index in [2.05, 4.69) is 31.8 Å². The van der Waals surface area contributed by atoms with Crippen LogP contribution in [-0.4, -0.2) is 43.5 Å². The van der Waals surface area contributed by atoms with Crippen LogP contribution >= 0.6 is 24.0 Å². The van der Waals surface area contributed by atoms with E-state index in [-0.39, 0.29) is 29.4 Å². The van der Waals surface area contributed by atoms with Crippen molar-refractivity contribution < 1.29 is 14.0 Å². The molecule has 0 aliphatic heterocycles. The van der Waals surface area contributed by atoms with Crippen molar-refractivity contribution in [3.63, 3.8) is 0 Å². The van der Waals surface area contributed by atoms with Gasteiger partial charge in [0, 0.05) is 31.7 Å². The van der Waals surface area contributed by atoms with E-state index >= 15 is 0 Å². The summed E-state index contributed by atoms with van der Waals surface area (Å²) < 4.78 is 16.2. The fraction of sp³-hybridized carbons (Fsp3) is 0.550. The molecule has 8 nitrogen and oxygen atoms in total. The summed E-state index contributed by atoms with van der Waals surface area (Å²) in [5.41, 5.74) is 2.01. The molecule has 0 fully saturated rings. The Morgan fingerprint density at radius 2 is 1.90 bits per heavy atom. The number of nitrogens with zero attached hydrogens (tertiary/aromatic N) is 3. The molecule has 0 amide bonds. The maximum Gasteiger partial charge on any atom is 0.232 e. The van der Waals surface area contributed by atoms with Gasteiger partial charge in [0.15, 0.2) is 11.8 Å². The Bertz CT molecular complexity index is 787. The van der Waals surface area contributed by atoms with Crippen LogP contribution < -0.4 is 15.4 Å². The Morgan fingerprint density at radius 1 is 1.17 bits per heavy atom. The number of guanidine groups is 1. The summed E-state index contributed by atoms with van der Waals surface area (Å²) in [6.07, 6.45) is 0. The highest BCUT2D eigenvalue weighted by Crippen LogP contribution is 2.21. The first-order chi connectivity index (χ1) is 13.3. The molecular formula is C20H32IN5O3. The van der Waals surface area contributed by atoms with Gasteiger partial charge in [-0.25, -0.2) is 0 Å². The van der Waals surface area contributed by atoms with Gasteiger partial charge in [-0.05, 0) is 18.6 Å². The number of aromatic nitrogens is 2. The summed E-state index contributed by atoms with van der Waals surface area (Å²) >= 11 is 0. The predicted molar refractivity (Wildman–Crippen MR) is 124 cm³/mol. The summed E-state index contributed by atoms with van der Waals surface area (Å²) in [7, 11) is 3.38. The summed E-state index contributed by atoms with van der Waals surface area (Å²) in [6.45, 7) is 10.2. The van der Waals surface area contributed by atoms with Gasteiger partial charge in [-0.3, -0.25) is 4.99 Å². The highest BCUT2D eigenvalue weighted by Gasteiger charge is 2.21. The summed E-state index contributed by atoms with van der Waals surface area (Å²) in [4.78, 5) is 8.66. The zero-order valence-corrected chi connectivity index (χ0v) is 20.4. The average Bonchev–Trinajstić information content (AvgIpc) is 3.13. The van der Waals surface area contributed by atoms with Crippen LogP contribution in [0.4, 0.5) is 0 Å². The Labute approximate surface area is 189 Å². The van der Waals surface area contributed by atoms with E-state index < -0.39 is 0 Å². The molecule has 2 rings (SSSR count). The lowest BCUT2D eigenvalue weighted by Gasteiger charge is -2.15. The first-order valence-corrected chi connectivity index (χ1v) is 9.32. The second kappa shape index (κ2) is 12.0. The Morgan fingerprint density at radius 3 is 2.52 bits per heavy atom. The maximum atomic E-state index is 5.83. The molecule has 0 saturated carbocycles. The number of halogens is 1.